The quantitative estimate of drug-likeness (QED) is 0.506. The number of aryl methyl sites for hydroxylation is 1. The second kappa shape index (κ2) is 5.15. The maximum Gasteiger partial charge on any atom is 0.111 e. The lowest BCUT2D eigenvalue weighted by atomic mass is 10.0. The van der Waals surface area contributed by atoms with Gasteiger partial charge in [-0.05, 0) is 30.7 Å². The summed E-state index contributed by atoms with van der Waals surface area (Å²) in [6.45, 7) is 2.06. The standard InChI is InChI=1S/C20H16N2/c1-15-21-18-12-6-8-14-20(18)22(15)19-13-7-5-11-17(19)16-9-3-2-4-10-16/h2-14H,1H3. The van der Waals surface area contributed by atoms with Crippen LogP contribution in [0.15, 0.2) is 78.9 Å². The van der Waals surface area contributed by atoms with Gasteiger partial charge in [0.2, 0.25) is 0 Å². The van der Waals surface area contributed by atoms with Crippen LogP contribution in [0.2, 0.25) is 0 Å². The van der Waals surface area contributed by atoms with E-state index in [-0.39, 0.29) is 0 Å². The molecule has 0 unspecified atom stereocenters. The van der Waals surface area contributed by atoms with Crippen LogP contribution in [0.5, 0.6) is 0 Å². The molecule has 2 nitrogen and oxygen atoms in total. The van der Waals surface area contributed by atoms with Crippen LogP contribution in [0.1, 0.15) is 5.82 Å². The molecule has 0 bridgehead atoms. The molecule has 0 saturated carbocycles. The number of aromatic nitrogens is 2. The number of fused-ring (bicyclic) bond motifs is 1. The molecule has 2 heteroatoms. The first-order chi connectivity index (χ1) is 10.8. The van der Waals surface area contributed by atoms with Gasteiger partial charge in [0.05, 0.1) is 16.7 Å². The minimum atomic E-state index is 1.00. The van der Waals surface area contributed by atoms with Gasteiger partial charge >= 0.3 is 0 Å². The van der Waals surface area contributed by atoms with Gasteiger partial charge in [-0.15, -0.1) is 0 Å². The monoisotopic (exact) mass is 284 g/mol. The Morgan fingerprint density at radius 1 is 0.727 bits per heavy atom. The molecule has 0 aliphatic heterocycles. The topological polar surface area (TPSA) is 17.8 Å². The Labute approximate surface area is 129 Å². The van der Waals surface area contributed by atoms with E-state index < -0.39 is 0 Å². The largest absolute Gasteiger partial charge is 0.296 e. The molecule has 0 spiro atoms. The molecule has 1 aromatic heterocycles. The normalized spacial score (nSPS) is 11.0. The molecule has 0 N–H and O–H groups in total. The van der Waals surface area contributed by atoms with Crippen LogP contribution in [0.3, 0.4) is 0 Å². The van der Waals surface area contributed by atoms with Crippen molar-refractivity contribution in [3.8, 4) is 16.8 Å². The van der Waals surface area contributed by atoms with Crippen molar-refractivity contribution in [2.75, 3.05) is 0 Å². The zero-order valence-corrected chi connectivity index (χ0v) is 12.4. The van der Waals surface area contributed by atoms with Gasteiger partial charge in [0.15, 0.2) is 0 Å². The van der Waals surface area contributed by atoms with Gasteiger partial charge in [0, 0.05) is 5.56 Å². The molecule has 22 heavy (non-hydrogen) atoms. The van der Waals surface area contributed by atoms with E-state index in [0.717, 1.165) is 16.9 Å². The predicted molar refractivity (Wildman–Crippen MR) is 91.2 cm³/mol. The average Bonchev–Trinajstić information content (AvgIpc) is 2.91. The molecule has 4 rings (SSSR count). The summed E-state index contributed by atoms with van der Waals surface area (Å²) in [5, 5.41) is 0. The number of nitrogens with zero attached hydrogens (tertiary/aromatic N) is 2. The first-order valence-electron chi connectivity index (χ1n) is 7.43. The fourth-order valence-electron chi connectivity index (χ4n) is 2.98. The molecule has 0 amide bonds. The van der Waals surface area contributed by atoms with E-state index in [0.29, 0.717) is 0 Å². The summed E-state index contributed by atoms with van der Waals surface area (Å²) in [4.78, 5) is 4.69. The Kier molecular flexibility index (Phi) is 3.01. The van der Waals surface area contributed by atoms with Gasteiger partial charge in [0.1, 0.15) is 5.82 Å². The van der Waals surface area contributed by atoms with Crippen LogP contribution in [-0.2, 0) is 0 Å². The highest BCUT2D eigenvalue weighted by Crippen LogP contribution is 2.30. The van der Waals surface area contributed by atoms with Crippen LogP contribution in [-0.4, -0.2) is 9.55 Å². The van der Waals surface area contributed by atoms with Crippen molar-refractivity contribution in [3.63, 3.8) is 0 Å². The molecule has 3 aromatic carbocycles. The highest BCUT2D eigenvalue weighted by atomic mass is 15.1. The van der Waals surface area contributed by atoms with Crippen LogP contribution in [0, 0.1) is 6.92 Å². The SMILES string of the molecule is Cc1nc2ccccc2n1-c1ccccc1-c1ccccc1. The lowest BCUT2D eigenvalue weighted by Crippen LogP contribution is -1.99. The van der Waals surface area contributed by atoms with Crippen molar-refractivity contribution in [2.45, 2.75) is 6.92 Å². The third-order valence-electron chi connectivity index (χ3n) is 3.96. The second-order valence-electron chi connectivity index (χ2n) is 5.37. The van der Waals surface area contributed by atoms with Gasteiger partial charge in [-0.1, -0.05) is 60.7 Å². The zero-order valence-electron chi connectivity index (χ0n) is 12.4. The lowest BCUT2D eigenvalue weighted by molar-refractivity contribution is 1.00. The summed E-state index contributed by atoms with van der Waals surface area (Å²) < 4.78 is 2.23. The van der Waals surface area contributed by atoms with E-state index >= 15 is 0 Å². The maximum absolute atomic E-state index is 4.69. The van der Waals surface area contributed by atoms with Crippen molar-refractivity contribution >= 4 is 11.0 Å². The molecule has 0 radical (unpaired) electrons. The molecular formula is C20H16N2. The Morgan fingerprint density at radius 3 is 2.27 bits per heavy atom. The van der Waals surface area contributed by atoms with Crippen molar-refractivity contribution in [3.05, 3.63) is 84.7 Å². The second-order valence-corrected chi connectivity index (χ2v) is 5.37. The highest BCUT2D eigenvalue weighted by Gasteiger charge is 2.12. The lowest BCUT2D eigenvalue weighted by Gasteiger charge is -2.13. The van der Waals surface area contributed by atoms with Crippen LogP contribution < -0.4 is 0 Å². The summed E-state index contributed by atoms with van der Waals surface area (Å²) in [6.07, 6.45) is 0. The molecule has 0 saturated heterocycles. The number of hydrogen-bond acceptors (Lipinski definition) is 1. The van der Waals surface area contributed by atoms with Crippen molar-refractivity contribution in [1.82, 2.24) is 9.55 Å². The number of imidazole rings is 1. The third-order valence-corrected chi connectivity index (χ3v) is 3.96. The van der Waals surface area contributed by atoms with Crippen molar-refractivity contribution in [1.29, 1.82) is 0 Å². The molecule has 106 valence electrons. The Bertz CT molecular complexity index is 936. The first-order valence-corrected chi connectivity index (χ1v) is 7.43. The summed E-state index contributed by atoms with van der Waals surface area (Å²) in [5.41, 5.74) is 5.77. The zero-order chi connectivity index (χ0) is 14.9. The molecule has 0 fully saturated rings. The minimum Gasteiger partial charge on any atom is -0.296 e. The van der Waals surface area contributed by atoms with Gasteiger partial charge in [0.25, 0.3) is 0 Å². The first kappa shape index (κ1) is 12.8. The number of para-hydroxylation sites is 3. The molecule has 4 aromatic rings. The minimum absolute atomic E-state index is 1.00. The van der Waals surface area contributed by atoms with Crippen molar-refractivity contribution in [2.24, 2.45) is 0 Å². The van der Waals surface area contributed by atoms with Crippen LogP contribution in [0.4, 0.5) is 0 Å². The number of hydrogen-bond donors (Lipinski definition) is 0. The van der Waals surface area contributed by atoms with E-state index in [2.05, 4.69) is 83.2 Å². The molecule has 1 heterocycles. The Hall–Kier alpha value is -2.87. The van der Waals surface area contributed by atoms with Gasteiger partial charge in [-0.3, -0.25) is 4.57 Å². The summed E-state index contributed by atoms with van der Waals surface area (Å²) in [6, 6.07) is 27.2. The fraction of sp³-hybridized carbons (Fsp3) is 0.0500. The molecular weight excluding hydrogens is 268 g/mol. The smallest absolute Gasteiger partial charge is 0.111 e. The third kappa shape index (κ3) is 2.01. The van der Waals surface area contributed by atoms with Gasteiger partial charge in [-0.2, -0.15) is 0 Å². The van der Waals surface area contributed by atoms with Gasteiger partial charge in [-0.25, -0.2) is 4.98 Å². The predicted octanol–water partition coefficient (Wildman–Crippen LogP) is 5.00. The Morgan fingerprint density at radius 2 is 1.41 bits per heavy atom. The summed E-state index contributed by atoms with van der Waals surface area (Å²) in [7, 11) is 0. The van der Waals surface area contributed by atoms with Gasteiger partial charge < -0.3 is 0 Å². The number of rotatable bonds is 2. The van der Waals surface area contributed by atoms with Crippen LogP contribution >= 0.6 is 0 Å². The summed E-state index contributed by atoms with van der Waals surface area (Å²) >= 11 is 0. The van der Waals surface area contributed by atoms with E-state index in [1.165, 1.54) is 16.8 Å². The molecule has 0 aliphatic carbocycles. The molecule has 0 atom stereocenters. The van der Waals surface area contributed by atoms with E-state index in [1.807, 2.05) is 12.1 Å². The summed E-state index contributed by atoms with van der Waals surface area (Å²) in [5.74, 6) is 1.00. The Balaban J connectivity index is 2.02. The number of benzene rings is 3. The van der Waals surface area contributed by atoms with Crippen molar-refractivity contribution < 1.29 is 0 Å². The maximum atomic E-state index is 4.69. The molecule has 0 aliphatic rings. The van der Waals surface area contributed by atoms with E-state index in [9.17, 15) is 0 Å². The average molecular weight is 284 g/mol. The van der Waals surface area contributed by atoms with Crippen LogP contribution in [0.25, 0.3) is 27.8 Å². The fourth-order valence-corrected chi connectivity index (χ4v) is 2.98. The van der Waals surface area contributed by atoms with E-state index in [1.54, 1.807) is 0 Å². The highest BCUT2D eigenvalue weighted by molar-refractivity contribution is 5.82. The van der Waals surface area contributed by atoms with E-state index in [4.69, 9.17) is 0 Å².